The number of rotatable bonds is 10. The fourth-order valence-electron chi connectivity index (χ4n) is 3.64. The first kappa shape index (κ1) is 26.1. The molecule has 3 aromatic rings. The molecule has 0 spiro atoms. The Morgan fingerprint density at radius 2 is 1.51 bits per heavy atom. The van der Waals surface area contributed by atoms with Crippen LogP contribution >= 0.6 is 12.2 Å². The normalized spacial score (nSPS) is 10.9. The van der Waals surface area contributed by atoms with Gasteiger partial charge in [0.1, 0.15) is 10.1 Å². The van der Waals surface area contributed by atoms with E-state index in [9.17, 15) is 9.59 Å². The van der Waals surface area contributed by atoms with Crippen LogP contribution in [-0.4, -0.2) is 34.6 Å². The van der Waals surface area contributed by atoms with E-state index in [1.165, 1.54) is 4.73 Å². The summed E-state index contributed by atoms with van der Waals surface area (Å²) in [5, 5.41) is 0. The third-order valence-electron chi connectivity index (χ3n) is 5.77. The van der Waals surface area contributed by atoms with E-state index in [1.807, 2.05) is 36.4 Å². The average Bonchev–Trinajstić information content (AvgIpc) is 2.88. The van der Waals surface area contributed by atoms with Crippen molar-refractivity contribution in [1.82, 2.24) is 9.63 Å². The molecule has 0 aliphatic rings. The molecule has 0 aliphatic carbocycles. The van der Waals surface area contributed by atoms with Crippen LogP contribution in [0.1, 0.15) is 44.7 Å². The molecule has 3 rings (SSSR count). The van der Waals surface area contributed by atoms with Crippen molar-refractivity contribution in [2.24, 2.45) is 5.41 Å². The predicted octanol–water partition coefficient (Wildman–Crippen LogP) is 5.96. The van der Waals surface area contributed by atoms with Gasteiger partial charge in [-0.25, -0.2) is 4.79 Å². The fourth-order valence-corrected chi connectivity index (χ4v) is 3.81. The molecule has 0 aliphatic heterocycles. The highest BCUT2D eigenvalue weighted by atomic mass is 32.1. The van der Waals surface area contributed by atoms with Gasteiger partial charge in [-0.2, -0.15) is 4.73 Å². The number of carbonyl (C=O) groups is 2. The second-order valence-corrected chi connectivity index (χ2v) is 9.24. The molecule has 0 saturated heterocycles. The van der Waals surface area contributed by atoms with Crippen molar-refractivity contribution in [1.29, 1.82) is 0 Å². The van der Waals surface area contributed by atoms with E-state index in [4.69, 9.17) is 17.1 Å². The molecule has 5 nitrogen and oxygen atoms in total. The maximum Gasteiger partial charge on any atom is 0.347 e. The topological polar surface area (TPSA) is 51.5 Å². The second kappa shape index (κ2) is 12.3. The minimum absolute atomic E-state index is 0.282. The number of hydrogen-bond donors (Lipinski definition) is 0. The summed E-state index contributed by atoms with van der Waals surface area (Å²) in [5.41, 5.74) is 1.79. The summed E-state index contributed by atoms with van der Waals surface area (Å²) in [7, 11) is 0. The van der Waals surface area contributed by atoms with Gasteiger partial charge < -0.3 is 9.74 Å². The molecule has 182 valence electrons. The van der Waals surface area contributed by atoms with E-state index < -0.39 is 11.4 Å². The monoisotopic (exact) mass is 488 g/mol. The number of aromatic nitrogens is 1. The molecular formula is C29H32N2O3S. The van der Waals surface area contributed by atoms with Gasteiger partial charge in [0.2, 0.25) is 5.91 Å². The fraction of sp³-hybridized carbons (Fsp3) is 0.276. The zero-order chi connectivity index (χ0) is 25.3. The molecule has 0 atom stereocenters. The molecule has 0 saturated carbocycles. The van der Waals surface area contributed by atoms with Crippen molar-refractivity contribution in [2.45, 2.75) is 33.6 Å². The molecule has 1 aromatic heterocycles. The molecule has 0 radical (unpaired) electrons. The van der Waals surface area contributed by atoms with Crippen LogP contribution in [0.4, 0.5) is 0 Å². The van der Waals surface area contributed by atoms with Crippen LogP contribution in [0.5, 0.6) is 0 Å². The molecule has 0 fully saturated rings. The molecule has 0 N–H and O–H groups in total. The predicted molar refractivity (Wildman–Crippen MR) is 142 cm³/mol. The lowest BCUT2D eigenvalue weighted by Crippen LogP contribution is -2.48. The van der Waals surface area contributed by atoms with Crippen molar-refractivity contribution in [3.05, 3.63) is 107 Å². The first-order valence-electron chi connectivity index (χ1n) is 11.9. The number of unbranched alkanes of at least 4 members (excludes halogenated alkanes) is 1. The van der Waals surface area contributed by atoms with E-state index in [-0.39, 0.29) is 5.91 Å². The maximum absolute atomic E-state index is 13.6. The largest absolute Gasteiger partial charge is 0.347 e. The second-order valence-electron chi connectivity index (χ2n) is 8.82. The highest BCUT2D eigenvalue weighted by Crippen LogP contribution is 2.25. The number of pyridine rings is 1. The Morgan fingerprint density at radius 3 is 2.06 bits per heavy atom. The van der Waals surface area contributed by atoms with Crippen LogP contribution in [0.25, 0.3) is 5.57 Å². The third kappa shape index (κ3) is 6.76. The quantitative estimate of drug-likeness (QED) is 0.261. The van der Waals surface area contributed by atoms with Crippen LogP contribution in [0.3, 0.4) is 0 Å². The van der Waals surface area contributed by atoms with Crippen LogP contribution in [0.15, 0.2) is 91.1 Å². The lowest BCUT2D eigenvalue weighted by atomic mass is 9.91. The lowest BCUT2D eigenvalue weighted by molar-refractivity contribution is -0.163. The van der Waals surface area contributed by atoms with Crippen molar-refractivity contribution in [2.75, 3.05) is 13.1 Å². The van der Waals surface area contributed by atoms with Crippen LogP contribution < -0.4 is 4.84 Å². The first-order chi connectivity index (χ1) is 16.8. The summed E-state index contributed by atoms with van der Waals surface area (Å²) < 4.78 is 1.57. The Hall–Kier alpha value is -3.51. The van der Waals surface area contributed by atoms with Crippen LogP contribution in [-0.2, 0) is 9.59 Å². The molecule has 0 bridgehead atoms. The number of benzene rings is 2. The molecular weight excluding hydrogens is 456 g/mol. The summed E-state index contributed by atoms with van der Waals surface area (Å²) in [4.78, 5) is 33.9. The summed E-state index contributed by atoms with van der Waals surface area (Å²) in [6.07, 6.45) is 5.39. The summed E-state index contributed by atoms with van der Waals surface area (Å²) in [5.74, 6) is -0.934. The van der Waals surface area contributed by atoms with Crippen molar-refractivity contribution in [3.63, 3.8) is 0 Å². The van der Waals surface area contributed by atoms with Crippen molar-refractivity contribution in [3.8, 4) is 0 Å². The van der Waals surface area contributed by atoms with Crippen LogP contribution in [0.2, 0.25) is 0 Å². The molecule has 1 heterocycles. The third-order valence-corrected chi connectivity index (χ3v) is 6.09. The minimum atomic E-state index is -1.38. The zero-order valence-electron chi connectivity index (χ0n) is 20.5. The van der Waals surface area contributed by atoms with Gasteiger partial charge >= 0.3 is 5.97 Å². The number of nitrogens with zero attached hydrogens (tertiary/aromatic N) is 2. The molecule has 1 amide bonds. The molecule has 0 unspecified atom stereocenters. The number of carbonyl (C=O) groups excluding carboxylic acids is 2. The summed E-state index contributed by atoms with van der Waals surface area (Å²) >= 11 is 5.21. The number of hydrogen-bond acceptors (Lipinski definition) is 4. The van der Waals surface area contributed by atoms with E-state index in [0.717, 1.165) is 29.5 Å². The van der Waals surface area contributed by atoms with Gasteiger partial charge in [0.25, 0.3) is 0 Å². The zero-order valence-corrected chi connectivity index (χ0v) is 21.3. The van der Waals surface area contributed by atoms with Gasteiger partial charge in [0, 0.05) is 19.3 Å². The van der Waals surface area contributed by atoms with Gasteiger partial charge in [-0.3, -0.25) is 4.79 Å². The Morgan fingerprint density at radius 1 is 0.943 bits per heavy atom. The lowest BCUT2D eigenvalue weighted by Gasteiger charge is -2.30. The van der Waals surface area contributed by atoms with Gasteiger partial charge in [0.15, 0.2) is 0 Å². The van der Waals surface area contributed by atoms with Crippen molar-refractivity contribution < 1.29 is 14.4 Å². The Labute approximate surface area is 212 Å². The maximum atomic E-state index is 13.6. The molecule has 2 aromatic carbocycles. The highest BCUT2D eigenvalue weighted by molar-refractivity contribution is 7.71. The SMILES string of the molecule is CCCCN(CC=C(c1ccccc1)c1ccccc1)C(=O)C(C)(C)C(=O)On1ccccc1=S. The first-order valence-corrected chi connectivity index (χ1v) is 12.3. The standard InChI is InChI=1S/C29H32N2O3S/c1-4-5-20-30(27(32)29(2,3)28(33)34-31-21-13-12-18-26(31)35)22-19-25(23-14-8-6-9-15-23)24-16-10-7-11-17-24/h6-19,21H,4-5,20,22H2,1-3H3. The Kier molecular flexibility index (Phi) is 9.15. The molecule has 6 heteroatoms. The van der Waals surface area contributed by atoms with E-state index in [2.05, 4.69) is 37.3 Å². The van der Waals surface area contributed by atoms with Gasteiger partial charge in [0.05, 0.1) is 0 Å². The van der Waals surface area contributed by atoms with Gasteiger partial charge in [-0.05, 0) is 49.1 Å². The highest BCUT2D eigenvalue weighted by Gasteiger charge is 2.41. The van der Waals surface area contributed by atoms with Gasteiger partial charge in [-0.1, -0.05) is 98.4 Å². The Balaban J connectivity index is 1.88. The smallest absolute Gasteiger partial charge is 0.338 e. The number of amides is 1. The Bertz CT molecular complexity index is 1180. The minimum Gasteiger partial charge on any atom is -0.338 e. The summed E-state index contributed by atoms with van der Waals surface area (Å²) in [6, 6.07) is 25.3. The van der Waals surface area contributed by atoms with Crippen LogP contribution in [0, 0.1) is 10.1 Å². The van der Waals surface area contributed by atoms with E-state index in [0.29, 0.717) is 17.7 Å². The summed E-state index contributed by atoms with van der Waals surface area (Å²) in [6.45, 7) is 6.20. The van der Waals surface area contributed by atoms with Crippen molar-refractivity contribution >= 4 is 29.7 Å². The average molecular weight is 489 g/mol. The van der Waals surface area contributed by atoms with Gasteiger partial charge in [-0.15, -0.1) is 0 Å². The molecule has 35 heavy (non-hydrogen) atoms. The van der Waals surface area contributed by atoms with E-state index >= 15 is 0 Å². The van der Waals surface area contributed by atoms with E-state index in [1.54, 1.807) is 43.1 Å².